The van der Waals surface area contributed by atoms with Crippen LogP contribution in [0.15, 0.2) is 17.2 Å². The highest BCUT2D eigenvalue weighted by Gasteiger charge is 2.18. The maximum absolute atomic E-state index is 11.1. The lowest BCUT2D eigenvalue weighted by Crippen LogP contribution is -1.98. The normalized spacial score (nSPS) is 10.6. The summed E-state index contributed by atoms with van der Waals surface area (Å²) in [4.78, 5) is 10.5. The van der Waals surface area contributed by atoms with Gasteiger partial charge >= 0.3 is 0 Å². The van der Waals surface area contributed by atoms with Crippen LogP contribution in [-0.4, -0.2) is 46.0 Å². The Kier molecular flexibility index (Phi) is 4.23. The molecule has 0 atom stereocenters. The summed E-state index contributed by atoms with van der Waals surface area (Å²) in [5.41, 5.74) is 3.62. The van der Waals surface area contributed by atoms with E-state index in [1.807, 2.05) is 0 Å². The number of nitrogens with one attached hydrogen (secondary N) is 1. The van der Waals surface area contributed by atoms with Crippen LogP contribution in [-0.2, 0) is 0 Å². The molecule has 0 aliphatic heterocycles. The molecule has 1 N–H and O–H groups in total. The molecule has 1 aromatic carbocycles. The van der Waals surface area contributed by atoms with E-state index in [4.69, 9.17) is 9.47 Å². The summed E-state index contributed by atoms with van der Waals surface area (Å²) < 4.78 is 10.1. The van der Waals surface area contributed by atoms with Gasteiger partial charge in [0.25, 0.3) is 5.69 Å². The van der Waals surface area contributed by atoms with E-state index in [0.29, 0.717) is 5.75 Å². The van der Waals surface area contributed by atoms with Crippen LogP contribution in [0.25, 0.3) is 5.43 Å². The topological polar surface area (TPSA) is 143 Å². The molecule has 0 spiro atoms. The monoisotopic (exact) mass is 292 g/mol. The Hall–Kier alpha value is -3.24. The molecule has 0 amide bonds. The highest BCUT2D eigenvalue weighted by Crippen LogP contribution is 2.33. The molecule has 0 fully saturated rings. The van der Waals surface area contributed by atoms with Crippen LogP contribution in [0.3, 0.4) is 0 Å². The largest absolute Gasteiger partial charge is 0.493 e. The molecule has 2 rings (SSSR count). The second-order valence-electron chi connectivity index (χ2n) is 3.58. The van der Waals surface area contributed by atoms with E-state index in [0.717, 1.165) is 0 Å². The van der Waals surface area contributed by atoms with E-state index < -0.39 is 4.92 Å². The molecule has 0 bridgehead atoms. The highest BCUT2D eigenvalue weighted by molar-refractivity contribution is 5.87. The van der Waals surface area contributed by atoms with Crippen molar-refractivity contribution in [3.05, 3.63) is 33.2 Å². The van der Waals surface area contributed by atoms with Crippen molar-refractivity contribution < 1.29 is 14.4 Å². The predicted octanol–water partition coefficient (Wildman–Crippen LogP) is 1.16. The molecular weight excluding hydrogens is 282 g/mol. The minimum absolute atomic E-state index is 0.00868. The van der Waals surface area contributed by atoms with Gasteiger partial charge in [0.2, 0.25) is 0 Å². The number of rotatable bonds is 6. The first-order valence-corrected chi connectivity index (χ1v) is 5.53. The smallest absolute Gasteiger partial charge is 0.282 e. The van der Waals surface area contributed by atoms with E-state index in [-0.39, 0.29) is 22.9 Å². The van der Waals surface area contributed by atoms with E-state index in [2.05, 4.69) is 31.2 Å². The number of H-pyrrole nitrogens is 1. The van der Waals surface area contributed by atoms with Crippen LogP contribution in [0.5, 0.6) is 11.5 Å². The van der Waals surface area contributed by atoms with E-state index in [9.17, 15) is 10.1 Å². The average molecular weight is 292 g/mol. The predicted molar refractivity (Wildman–Crippen MR) is 71.0 cm³/mol. The summed E-state index contributed by atoms with van der Waals surface area (Å²) in [6.07, 6.45) is 1.19. The van der Waals surface area contributed by atoms with Gasteiger partial charge in [0.1, 0.15) is 0 Å². The first-order valence-electron chi connectivity index (χ1n) is 5.53. The van der Waals surface area contributed by atoms with Gasteiger partial charge in [0, 0.05) is 6.21 Å². The Morgan fingerprint density at radius 3 is 2.67 bits per heavy atom. The Bertz CT molecular complexity index is 656. The Morgan fingerprint density at radius 2 is 2.10 bits per heavy atom. The summed E-state index contributed by atoms with van der Waals surface area (Å²) in [5.74, 6) is 0.593. The first-order chi connectivity index (χ1) is 10.2. The molecular formula is C10H10N7O4-. The molecule has 0 saturated carbocycles. The fourth-order valence-electron chi connectivity index (χ4n) is 1.49. The summed E-state index contributed by atoms with van der Waals surface area (Å²) in [5, 5.41) is 27.3. The number of nitro groups is 1. The third-order valence-electron chi connectivity index (χ3n) is 2.41. The zero-order valence-electron chi connectivity index (χ0n) is 11.0. The average Bonchev–Trinajstić information content (AvgIpc) is 2.99. The van der Waals surface area contributed by atoms with Gasteiger partial charge in [-0.3, -0.25) is 31.0 Å². The van der Waals surface area contributed by atoms with Crippen molar-refractivity contribution in [2.75, 3.05) is 14.2 Å². The van der Waals surface area contributed by atoms with E-state index in [1.54, 1.807) is 0 Å². The summed E-state index contributed by atoms with van der Waals surface area (Å²) >= 11 is 0. The Balaban J connectivity index is 2.31. The van der Waals surface area contributed by atoms with Gasteiger partial charge in [0.05, 0.1) is 36.7 Å². The molecule has 11 heteroatoms. The third kappa shape index (κ3) is 3.20. The molecule has 1 heterocycles. The molecule has 110 valence electrons. The van der Waals surface area contributed by atoms with Crippen LogP contribution < -0.4 is 9.47 Å². The number of aromatic amines is 1. The van der Waals surface area contributed by atoms with Crippen LogP contribution >= 0.6 is 0 Å². The number of benzene rings is 1. The number of hydrogen-bond acceptors (Lipinski definition) is 8. The zero-order valence-corrected chi connectivity index (χ0v) is 11.0. The van der Waals surface area contributed by atoms with Gasteiger partial charge in [-0.1, -0.05) is 0 Å². The van der Waals surface area contributed by atoms with Gasteiger partial charge in [0.15, 0.2) is 11.5 Å². The van der Waals surface area contributed by atoms with Crippen molar-refractivity contribution >= 4 is 17.9 Å². The number of nitrogens with zero attached hydrogens (tertiary/aromatic N) is 6. The quantitative estimate of drug-likeness (QED) is 0.478. The number of methoxy groups -OCH3 is 2. The third-order valence-corrected chi connectivity index (χ3v) is 2.41. The van der Waals surface area contributed by atoms with Crippen LogP contribution in [0.1, 0.15) is 5.56 Å². The number of tetrazole rings is 1. The van der Waals surface area contributed by atoms with Crippen LogP contribution in [0.4, 0.5) is 11.6 Å². The maximum Gasteiger partial charge on any atom is 0.282 e. The minimum Gasteiger partial charge on any atom is -0.493 e. The van der Waals surface area contributed by atoms with Crippen molar-refractivity contribution in [3.8, 4) is 11.5 Å². The Labute approximate surface area is 118 Å². The fourth-order valence-corrected chi connectivity index (χ4v) is 1.49. The van der Waals surface area contributed by atoms with Crippen LogP contribution in [0.2, 0.25) is 0 Å². The summed E-state index contributed by atoms with van der Waals surface area (Å²) in [6.45, 7) is 0. The number of nitro benzene ring substituents is 1. The fraction of sp³-hybridized carbons (Fsp3) is 0.200. The van der Waals surface area contributed by atoms with Crippen molar-refractivity contribution in [1.29, 1.82) is 0 Å². The van der Waals surface area contributed by atoms with Crippen molar-refractivity contribution in [2.24, 2.45) is 5.10 Å². The lowest BCUT2D eigenvalue weighted by atomic mass is 10.1. The molecule has 0 saturated heterocycles. The Morgan fingerprint density at radius 1 is 1.38 bits per heavy atom. The van der Waals surface area contributed by atoms with Gasteiger partial charge in [-0.05, 0) is 6.07 Å². The molecule has 0 unspecified atom stereocenters. The second-order valence-corrected chi connectivity index (χ2v) is 3.58. The first kappa shape index (κ1) is 14.2. The summed E-state index contributed by atoms with van der Waals surface area (Å²) in [7, 11) is 2.81. The van der Waals surface area contributed by atoms with E-state index >= 15 is 0 Å². The lowest BCUT2D eigenvalue weighted by molar-refractivity contribution is -0.385. The van der Waals surface area contributed by atoms with E-state index in [1.165, 1.54) is 32.6 Å². The summed E-state index contributed by atoms with van der Waals surface area (Å²) in [6, 6.07) is 2.67. The maximum atomic E-state index is 11.1. The number of aromatic nitrogens is 4. The SMILES string of the molecule is COc1cc(C=N[N-]c2nn[nH]n2)c([N+](=O)[O-])cc1OC. The van der Waals surface area contributed by atoms with Gasteiger partial charge < -0.3 is 9.47 Å². The minimum atomic E-state index is -0.558. The molecule has 0 aliphatic rings. The molecule has 0 aliphatic carbocycles. The molecule has 2 aromatic rings. The lowest BCUT2D eigenvalue weighted by Gasteiger charge is -2.08. The van der Waals surface area contributed by atoms with Gasteiger partial charge in [-0.15, -0.1) is 5.21 Å². The number of hydrogen-bond donors (Lipinski definition) is 1. The number of ether oxygens (including phenoxy) is 2. The zero-order chi connectivity index (χ0) is 15.2. The molecule has 0 radical (unpaired) electrons. The van der Waals surface area contributed by atoms with Crippen molar-refractivity contribution in [1.82, 2.24) is 20.6 Å². The standard InChI is InChI=1S/C10H10N7O4/c1-20-8-3-6(5-11-12-10-13-15-16-14-10)7(17(18)19)4-9(8)21-2/h3-5H,1-2H3,(H-,12,13,14,15,16)/q-1. The molecule has 21 heavy (non-hydrogen) atoms. The molecule has 11 nitrogen and oxygen atoms in total. The van der Waals surface area contributed by atoms with Gasteiger partial charge in [-0.25, -0.2) is 5.10 Å². The van der Waals surface area contributed by atoms with Crippen molar-refractivity contribution in [2.45, 2.75) is 0 Å². The highest BCUT2D eigenvalue weighted by atomic mass is 16.6. The van der Waals surface area contributed by atoms with Gasteiger partial charge in [-0.2, -0.15) is 0 Å². The molecule has 1 aromatic heterocycles. The van der Waals surface area contributed by atoms with Crippen molar-refractivity contribution in [3.63, 3.8) is 0 Å². The second kappa shape index (κ2) is 6.27. The van der Waals surface area contributed by atoms with Crippen LogP contribution in [0, 0.1) is 10.1 Å².